The molecule has 0 amide bonds. The molecule has 1 aliphatic carbocycles. The van der Waals surface area contributed by atoms with E-state index in [1.165, 1.54) is 0 Å². The minimum absolute atomic E-state index is 0.354. The molecule has 0 spiro atoms. The number of methoxy groups -OCH3 is 1. The Morgan fingerprint density at radius 2 is 2.07 bits per heavy atom. The van der Waals surface area contributed by atoms with Gasteiger partial charge in [0.1, 0.15) is 0 Å². The van der Waals surface area contributed by atoms with Crippen LogP contribution in [0.15, 0.2) is 0 Å². The molecule has 15 heavy (non-hydrogen) atoms. The van der Waals surface area contributed by atoms with Crippen LogP contribution in [0.1, 0.15) is 46.5 Å². The van der Waals surface area contributed by atoms with Crippen molar-refractivity contribution in [2.75, 3.05) is 13.7 Å². The van der Waals surface area contributed by atoms with Gasteiger partial charge in [-0.05, 0) is 43.4 Å². The molecule has 0 heterocycles. The first kappa shape index (κ1) is 13.0. The SMILES string of the molecule is COCCC(C)C1(O)CCC(C)C(C)C1. The molecule has 4 atom stereocenters. The van der Waals surface area contributed by atoms with Crippen molar-refractivity contribution in [2.45, 2.75) is 52.1 Å². The van der Waals surface area contributed by atoms with Crippen molar-refractivity contribution in [1.29, 1.82) is 0 Å². The Kier molecular flexibility index (Phi) is 4.60. The van der Waals surface area contributed by atoms with E-state index in [4.69, 9.17) is 4.74 Å². The smallest absolute Gasteiger partial charge is 0.0676 e. The fourth-order valence-electron chi connectivity index (χ4n) is 2.63. The van der Waals surface area contributed by atoms with Gasteiger partial charge in [0.05, 0.1) is 5.60 Å². The van der Waals surface area contributed by atoms with Crippen LogP contribution in [0.2, 0.25) is 0 Å². The van der Waals surface area contributed by atoms with Gasteiger partial charge < -0.3 is 9.84 Å². The van der Waals surface area contributed by atoms with Crippen molar-refractivity contribution in [3.63, 3.8) is 0 Å². The summed E-state index contributed by atoms with van der Waals surface area (Å²) in [5.41, 5.74) is -0.440. The summed E-state index contributed by atoms with van der Waals surface area (Å²) in [5, 5.41) is 10.6. The summed E-state index contributed by atoms with van der Waals surface area (Å²) in [6, 6.07) is 0. The average molecular weight is 214 g/mol. The number of hydrogen-bond donors (Lipinski definition) is 1. The summed E-state index contributed by atoms with van der Waals surface area (Å²) in [6.07, 6.45) is 4.05. The van der Waals surface area contributed by atoms with E-state index in [2.05, 4.69) is 20.8 Å². The van der Waals surface area contributed by atoms with E-state index in [1.54, 1.807) is 7.11 Å². The second-order valence-electron chi connectivity index (χ2n) is 5.48. The molecule has 90 valence electrons. The van der Waals surface area contributed by atoms with Crippen LogP contribution in [0.3, 0.4) is 0 Å². The molecular weight excluding hydrogens is 188 g/mol. The highest BCUT2D eigenvalue weighted by Gasteiger charge is 2.39. The van der Waals surface area contributed by atoms with Crippen LogP contribution >= 0.6 is 0 Å². The van der Waals surface area contributed by atoms with E-state index in [0.717, 1.165) is 38.2 Å². The molecule has 2 heteroatoms. The van der Waals surface area contributed by atoms with Gasteiger partial charge in [-0.3, -0.25) is 0 Å². The lowest BCUT2D eigenvalue weighted by molar-refractivity contribution is -0.0758. The fraction of sp³-hybridized carbons (Fsp3) is 1.00. The highest BCUT2D eigenvalue weighted by molar-refractivity contribution is 4.91. The molecule has 1 N–H and O–H groups in total. The predicted octanol–water partition coefficient (Wildman–Crippen LogP) is 2.85. The summed E-state index contributed by atoms with van der Waals surface area (Å²) < 4.78 is 5.09. The van der Waals surface area contributed by atoms with Crippen LogP contribution < -0.4 is 0 Å². The Hall–Kier alpha value is -0.0800. The van der Waals surface area contributed by atoms with Crippen LogP contribution in [-0.4, -0.2) is 24.4 Å². The van der Waals surface area contributed by atoms with E-state index in [0.29, 0.717) is 11.8 Å². The van der Waals surface area contributed by atoms with Gasteiger partial charge in [-0.15, -0.1) is 0 Å². The molecule has 0 aromatic heterocycles. The third-order valence-electron chi connectivity index (χ3n) is 4.35. The molecule has 4 unspecified atom stereocenters. The van der Waals surface area contributed by atoms with Gasteiger partial charge >= 0.3 is 0 Å². The highest BCUT2D eigenvalue weighted by atomic mass is 16.5. The number of aliphatic hydroxyl groups is 1. The molecule has 0 aromatic carbocycles. The van der Waals surface area contributed by atoms with Gasteiger partial charge in [-0.2, -0.15) is 0 Å². The van der Waals surface area contributed by atoms with Gasteiger partial charge in [0.25, 0.3) is 0 Å². The zero-order valence-corrected chi connectivity index (χ0v) is 10.6. The van der Waals surface area contributed by atoms with Crippen LogP contribution in [0, 0.1) is 17.8 Å². The van der Waals surface area contributed by atoms with Gasteiger partial charge in [-0.25, -0.2) is 0 Å². The van der Waals surface area contributed by atoms with Crippen LogP contribution in [-0.2, 0) is 4.74 Å². The van der Waals surface area contributed by atoms with E-state index in [-0.39, 0.29) is 0 Å². The molecule has 0 bridgehead atoms. The molecule has 0 aliphatic heterocycles. The maximum Gasteiger partial charge on any atom is 0.0676 e. The van der Waals surface area contributed by atoms with Crippen molar-refractivity contribution < 1.29 is 9.84 Å². The van der Waals surface area contributed by atoms with Crippen molar-refractivity contribution >= 4 is 0 Å². The zero-order chi connectivity index (χ0) is 11.5. The lowest BCUT2D eigenvalue weighted by atomic mass is 9.68. The molecule has 0 aromatic rings. The van der Waals surface area contributed by atoms with E-state index in [1.807, 2.05) is 0 Å². The normalized spacial score (nSPS) is 39.0. The van der Waals surface area contributed by atoms with Gasteiger partial charge in [-0.1, -0.05) is 20.8 Å². The summed E-state index contributed by atoms with van der Waals surface area (Å²) in [4.78, 5) is 0. The van der Waals surface area contributed by atoms with Crippen molar-refractivity contribution in [3.05, 3.63) is 0 Å². The monoisotopic (exact) mass is 214 g/mol. The van der Waals surface area contributed by atoms with Crippen LogP contribution in [0.4, 0.5) is 0 Å². The summed E-state index contributed by atoms with van der Waals surface area (Å²) in [6.45, 7) is 7.47. The van der Waals surface area contributed by atoms with Crippen molar-refractivity contribution in [2.24, 2.45) is 17.8 Å². The van der Waals surface area contributed by atoms with E-state index < -0.39 is 5.60 Å². The van der Waals surface area contributed by atoms with Gasteiger partial charge in [0.2, 0.25) is 0 Å². The minimum atomic E-state index is -0.440. The maximum absolute atomic E-state index is 10.6. The summed E-state index contributed by atoms with van der Waals surface area (Å²) >= 11 is 0. The Morgan fingerprint density at radius 1 is 1.40 bits per heavy atom. The molecule has 2 nitrogen and oxygen atoms in total. The second-order valence-corrected chi connectivity index (χ2v) is 5.48. The predicted molar refractivity (Wildman–Crippen MR) is 62.8 cm³/mol. The number of rotatable bonds is 4. The zero-order valence-electron chi connectivity index (χ0n) is 10.6. The summed E-state index contributed by atoms with van der Waals surface area (Å²) in [5.74, 6) is 1.76. The molecule has 1 rings (SSSR count). The third-order valence-corrected chi connectivity index (χ3v) is 4.35. The number of ether oxygens (including phenoxy) is 1. The lowest BCUT2D eigenvalue weighted by Crippen LogP contribution is -2.43. The standard InChI is InChI=1S/C13H26O2/c1-10-5-7-13(14,9-11(10)2)12(3)6-8-15-4/h10-12,14H,5-9H2,1-4H3. The molecule has 1 saturated carbocycles. The van der Waals surface area contributed by atoms with Gasteiger partial charge in [0, 0.05) is 13.7 Å². The van der Waals surface area contributed by atoms with Crippen LogP contribution in [0.5, 0.6) is 0 Å². The van der Waals surface area contributed by atoms with Crippen LogP contribution in [0.25, 0.3) is 0 Å². The van der Waals surface area contributed by atoms with Gasteiger partial charge in [0.15, 0.2) is 0 Å². The van der Waals surface area contributed by atoms with Crippen molar-refractivity contribution in [1.82, 2.24) is 0 Å². The molecule has 1 aliphatic rings. The lowest BCUT2D eigenvalue weighted by Gasteiger charge is -2.43. The van der Waals surface area contributed by atoms with Crippen molar-refractivity contribution in [3.8, 4) is 0 Å². The molecule has 1 fully saturated rings. The Morgan fingerprint density at radius 3 is 2.60 bits per heavy atom. The quantitative estimate of drug-likeness (QED) is 0.779. The second kappa shape index (κ2) is 5.31. The highest BCUT2D eigenvalue weighted by Crippen LogP contribution is 2.41. The minimum Gasteiger partial charge on any atom is -0.390 e. The maximum atomic E-state index is 10.6. The van der Waals surface area contributed by atoms with E-state index in [9.17, 15) is 5.11 Å². The Balaban J connectivity index is 2.51. The summed E-state index contributed by atoms with van der Waals surface area (Å²) in [7, 11) is 1.72. The first-order chi connectivity index (χ1) is 6.99. The molecule has 0 saturated heterocycles. The largest absolute Gasteiger partial charge is 0.390 e. The molecule has 0 radical (unpaired) electrons. The average Bonchev–Trinajstić information content (AvgIpc) is 2.20. The van der Waals surface area contributed by atoms with E-state index >= 15 is 0 Å². The topological polar surface area (TPSA) is 29.5 Å². The molecular formula is C13H26O2. The fourth-order valence-corrected chi connectivity index (χ4v) is 2.63. The number of hydrogen-bond acceptors (Lipinski definition) is 2. The first-order valence-electron chi connectivity index (χ1n) is 6.21. The third kappa shape index (κ3) is 3.18. The Labute approximate surface area is 94.0 Å². The Bertz CT molecular complexity index is 193. The first-order valence-corrected chi connectivity index (χ1v) is 6.21.